The van der Waals surface area contributed by atoms with Crippen molar-refractivity contribution in [2.45, 2.75) is 52.7 Å². The van der Waals surface area contributed by atoms with Gasteiger partial charge in [-0.15, -0.1) is 0 Å². The van der Waals surface area contributed by atoms with Crippen LogP contribution in [0.2, 0.25) is 0 Å². The number of aryl methyl sites for hydroxylation is 2. The van der Waals surface area contributed by atoms with Crippen molar-refractivity contribution in [3.63, 3.8) is 0 Å². The van der Waals surface area contributed by atoms with Gasteiger partial charge in [-0.1, -0.05) is 17.7 Å². The van der Waals surface area contributed by atoms with Gasteiger partial charge in [-0.05, 0) is 57.9 Å². The molecule has 0 saturated heterocycles. The summed E-state index contributed by atoms with van der Waals surface area (Å²) in [5.41, 5.74) is 5.40. The third-order valence-corrected chi connectivity index (χ3v) is 4.95. The van der Waals surface area contributed by atoms with Crippen molar-refractivity contribution in [2.75, 3.05) is 0 Å². The van der Waals surface area contributed by atoms with Crippen LogP contribution in [-0.4, -0.2) is 26.7 Å². The van der Waals surface area contributed by atoms with Gasteiger partial charge in [0.15, 0.2) is 0 Å². The summed E-state index contributed by atoms with van der Waals surface area (Å²) in [5, 5.41) is 0. The van der Waals surface area contributed by atoms with E-state index in [2.05, 4.69) is 86.0 Å². The average molecular weight is 481 g/mol. The summed E-state index contributed by atoms with van der Waals surface area (Å²) in [4.78, 5) is 22.6. The van der Waals surface area contributed by atoms with Gasteiger partial charge in [0.1, 0.15) is 5.78 Å². The molecule has 4 bridgehead atoms. The van der Waals surface area contributed by atoms with Gasteiger partial charge < -0.3 is 0 Å². The third-order valence-electron chi connectivity index (χ3n) is 4.95. The fourth-order valence-electron chi connectivity index (χ4n) is 3.23. The predicted molar refractivity (Wildman–Crippen MR) is 121 cm³/mol. The maximum absolute atomic E-state index is 10.6. The van der Waals surface area contributed by atoms with Crippen molar-refractivity contribution in [2.24, 2.45) is 0 Å². The number of pyridine rings is 2. The van der Waals surface area contributed by atoms with Crippen molar-refractivity contribution in [1.82, 2.24) is 14.9 Å². The number of halogens is 1. The molecule has 0 fully saturated rings. The molecule has 0 atom stereocenters. The van der Waals surface area contributed by atoms with Crippen molar-refractivity contribution in [3.05, 3.63) is 95.1 Å². The minimum absolute atomic E-state index is 0.101. The van der Waals surface area contributed by atoms with Gasteiger partial charge >= 0.3 is 24.8 Å². The van der Waals surface area contributed by atoms with Gasteiger partial charge in [-0.25, -0.2) is 0 Å². The van der Waals surface area contributed by atoms with Crippen LogP contribution in [0.15, 0.2) is 60.7 Å². The normalized spacial score (nSPS) is 13.1. The predicted octanol–water partition coefficient (Wildman–Crippen LogP) is 5.36. The zero-order valence-corrected chi connectivity index (χ0v) is 19.9. The van der Waals surface area contributed by atoms with E-state index in [4.69, 9.17) is 9.97 Å². The second-order valence-corrected chi connectivity index (χ2v) is 7.58. The standard InChI is InChI=1S/C17H21N3.C8H7O.ClH.Ni/c1-13(2)20-11-16-7-3-5-14(18-16)9-10-15-6-4-8-17(12-20)19-15;1-7(9)8-5-3-2-4-6-8;;/h3-8,13H,9-12H2,1-2H3;3-6H,1H3;1H;/q;-1;;+1/p-1. The van der Waals surface area contributed by atoms with Gasteiger partial charge in [0.05, 0.1) is 11.4 Å². The molecule has 1 aliphatic rings. The fraction of sp³-hybridized carbons (Fsp3) is 0.320. The Morgan fingerprint density at radius 2 is 1.35 bits per heavy atom. The average Bonchev–Trinajstić information content (AvgIpc) is 2.81. The Morgan fingerprint density at radius 3 is 1.74 bits per heavy atom. The molecule has 31 heavy (non-hydrogen) atoms. The summed E-state index contributed by atoms with van der Waals surface area (Å²) in [6, 6.07) is 23.0. The van der Waals surface area contributed by atoms with Crippen LogP contribution in [0.3, 0.4) is 0 Å². The van der Waals surface area contributed by atoms with E-state index in [-0.39, 0.29) is 5.78 Å². The first-order valence-electron chi connectivity index (χ1n) is 10.2. The van der Waals surface area contributed by atoms with Crippen LogP contribution in [0.4, 0.5) is 0 Å². The van der Waals surface area contributed by atoms with Crippen LogP contribution in [0.5, 0.6) is 0 Å². The number of carbonyl (C=O) groups excluding carboxylic acids is 1. The van der Waals surface area contributed by atoms with E-state index >= 15 is 0 Å². The second-order valence-electron chi connectivity index (χ2n) is 7.58. The van der Waals surface area contributed by atoms with Crippen molar-refractivity contribution in [3.8, 4) is 0 Å². The summed E-state index contributed by atoms with van der Waals surface area (Å²) < 4.78 is 0. The summed E-state index contributed by atoms with van der Waals surface area (Å²) in [6.45, 7) is 7.78. The monoisotopic (exact) mass is 479 g/mol. The molecule has 0 aliphatic carbocycles. The third kappa shape index (κ3) is 8.53. The Balaban J connectivity index is 0.000000261. The van der Waals surface area contributed by atoms with Crippen molar-refractivity contribution in [1.29, 1.82) is 0 Å². The van der Waals surface area contributed by atoms with Crippen LogP contribution in [0, 0.1) is 6.07 Å². The molecule has 2 aromatic heterocycles. The van der Waals surface area contributed by atoms with Crippen LogP contribution < -0.4 is 0 Å². The molecule has 4 rings (SSSR count). The number of benzene rings is 1. The molecule has 167 valence electrons. The second kappa shape index (κ2) is 13.4. The van der Waals surface area contributed by atoms with E-state index in [9.17, 15) is 4.79 Å². The van der Waals surface area contributed by atoms with E-state index in [1.165, 1.54) is 11.4 Å². The molecule has 1 aliphatic heterocycles. The molecular weight excluding hydrogens is 452 g/mol. The molecule has 0 radical (unpaired) electrons. The number of ketones is 1. The zero-order valence-electron chi connectivity index (χ0n) is 18.1. The molecule has 0 amide bonds. The Kier molecular flexibility index (Phi) is 10.9. The Bertz CT molecular complexity index is 901. The van der Waals surface area contributed by atoms with Crippen LogP contribution in [0.25, 0.3) is 0 Å². The SMILES string of the molecule is CC(=O)c1cc[c-]cc1.CC(C)N1Cc2cccc(n2)CCc2cccc(n2)C1.[Cl][Ni]. The zero-order chi connectivity index (χ0) is 22.6. The molecule has 3 aromatic rings. The fourth-order valence-corrected chi connectivity index (χ4v) is 3.23. The van der Waals surface area contributed by atoms with Crippen LogP contribution in [-0.2, 0) is 40.5 Å². The molecule has 0 saturated carbocycles. The number of hydrogen-bond acceptors (Lipinski definition) is 4. The van der Waals surface area contributed by atoms with Gasteiger partial charge in [0.2, 0.25) is 0 Å². The van der Waals surface area contributed by atoms with E-state index in [1.54, 1.807) is 31.2 Å². The number of Topliss-reactive ketones (excluding diaryl/α,β-unsaturated/α-hetero) is 1. The van der Waals surface area contributed by atoms with Crippen LogP contribution in [0.1, 0.15) is 53.9 Å². The molecule has 0 unspecified atom stereocenters. The quantitative estimate of drug-likeness (QED) is 0.281. The van der Waals surface area contributed by atoms with Crippen molar-refractivity contribution >= 4 is 16.0 Å². The summed E-state index contributed by atoms with van der Waals surface area (Å²) in [6.07, 6.45) is 1.93. The molecule has 3 heterocycles. The number of rotatable bonds is 2. The first-order valence-corrected chi connectivity index (χ1v) is 11.6. The Morgan fingerprint density at radius 1 is 0.903 bits per heavy atom. The summed E-state index contributed by atoms with van der Waals surface area (Å²) >= 11 is 3.35. The Labute approximate surface area is 197 Å². The number of hydrogen-bond donors (Lipinski definition) is 0. The molecular formula is C25H28ClN3NiO-. The molecule has 6 heteroatoms. The number of fused-ring (bicyclic) bond motifs is 4. The molecule has 1 aromatic carbocycles. The topological polar surface area (TPSA) is 46.1 Å². The number of aromatic nitrogens is 2. The van der Waals surface area contributed by atoms with E-state index in [0.717, 1.165) is 42.9 Å². The van der Waals surface area contributed by atoms with Gasteiger partial charge in [0, 0.05) is 30.5 Å². The Hall–Kier alpha value is -2.07. The maximum atomic E-state index is 10.6. The summed E-state index contributed by atoms with van der Waals surface area (Å²) in [7, 11) is 4.26. The van der Waals surface area contributed by atoms with E-state index < -0.39 is 0 Å². The molecule has 4 nitrogen and oxygen atoms in total. The van der Waals surface area contributed by atoms with E-state index in [0.29, 0.717) is 6.04 Å². The first kappa shape index (κ1) is 25.2. The van der Waals surface area contributed by atoms with Gasteiger partial charge in [-0.3, -0.25) is 19.7 Å². The summed E-state index contributed by atoms with van der Waals surface area (Å²) in [5.74, 6) is 0.101. The number of carbonyl (C=O) groups is 1. The van der Waals surface area contributed by atoms with Crippen molar-refractivity contribution < 1.29 is 19.4 Å². The molecule has 0 spiro atoms. The van der Waals surface area contributed by atoms with Crippen LogP contribution >= 0.6 is 10.2 Å². The number of nitrogens with zero attached hydrogens (tertiary/aromatic N) is 3. The van der Waals surface area contributed by atoms with Gasteiger partial charge in [-0.2, -0.15) is 30.3 Å². The van der Waals surface area contributed by atoms with E-state index in [1.807, 2.05) is 0 Å². The van der Waals surface area contributed by atoms with Gasteiger partial charge in [0.25, 0.3) is 0 Å². The molecule has 0 N–H and O–H groups in total. The first-order chi connectivity index (χ1) is 15.0. The minimum atomic E-state index is 0.101.